The molecular weight excluding hydrogens is 294 g/mol. The molecule has 23 heavy (non-hydrogen) atoms. The topological polar surface area (TPSA) is 73.2 Å². The van der Waals surface area contributed by atoms with Crippen LogP contribution in [0.2, 0.25) is 0 Å². The Labute approximate surface area is 134 Å². The van der Waals surface area contributed by atoms with Gasteiger partial charge in [-0.1, -0.05) is 25.1 Å². The molecule has 1 atom stereocenters. The third-order valence-electron chi connectivity index (χ3n) is 4.03. The SMILES string of the molecule is CCCn1nc(C(=O)NC[C@H]2CCCO2)c2ccccc2c1=O. The lowest BCUT2D eigenvalue weighted by Gasteiger charge is -2.13. The summed E-state index contributed by atoms with van der Waals surface area (Å²) in [5.74, 6) is -0.262. The van der Waals surface area contributed by atoms with E-state index in [4.69, 9.17) is 4.74 Å². The highest BCUT2D eigenvalue weighted by Gasteiger charge is 2.20. The summed E-state index contributed by atoms with van der Waals surface area (Å²) in [4.78, 5) is 24.9. The molecule has 1 aromatic carbocycles. The highest BCUT2D eigenvalue weighted by Crippen LogP contribution is 2.14. The molecule has 1 saturated heterocycles. The van der Waals surface area contributed by atoms with Crippen molar-refractivity contribution in [1.82, 2.24) is 15.1 Å². The second kappa shape index (κ2) is 6.91. The van der Waals surface area contributed by atoms with Crippen LogP contribution in [0, 0.1) is 0 Å². The van der Waals surface area contributed by atoms with E-state index >= 15 is 0 Å². The number of aryl methyl sites for hydroxylation is 1. The number of benzene rings is 1. The average Bonchev–Trinajstić information content (AvgIpc) is 3.09. The number of hydrogen-bond donors (Lipinski definition) is 1. The van der Waals surface area contributed by atoms with E-state index in [1.807, 2.05) is 13.0 Å². The summed E-state index contributed by atoms with van der Waals surface area (Å²) in [6.45, 7) is 3.70. The summed E-state index contributed by atoms with van der Waals surface area (Å²) in [7, 11) is 0. The molecule has 0 saturated carbocycles. The Morgan fingerprint density at radius 3 is 2.87 bits per heavy atom. The smallest absolute Gasteiger partial charge is 0.274 e. The van der Waals surface area contributed by atoms with Crippen LogP contribution in [0.15, 0.2) is 29.1 Å². The van der Waals surface area contributed by atoms with Gasteiger partial charge in [0, 0.05) is 25.1 Å². The first kappa shape index (κ1) is 15.7. The van der Waals surface area contributed by atoms with E-state index < -0.39 is 0 Å². The van der Waals surface area contributed by atoms with E-state index in [1.165, 1.54) is 4.68 Å². The molecule has 1 amide bonds. The zero-order valence-corrected chi connectivity index (χ0v) is 13.2. The van der Waals surface area contributed by atoms with E-state index in [1.54, 1.807) is 18.2 Å². The number of nitrogens with zero attached hydrogens (tertiary/aromatic N) is 2. The number of nitrogens with one attached hydrogen (secondary N) is 1. The van der Waals surface area contributed by atoms with Crippen molar-refractivity contribution in [3.63, 3.8) is 0 Å². The van der Waals surface area contributed by atoms with Crippen LogP contribution in [-0.2, 0) is 11.3 Å². The minimum atomic E-state index is -0.262. The fourth-order valence-electron chi connectivity index (χ4n) is 2.86. The molecule has 1 aliphatic heterocycles. The molecule has 0 aliphatic carbocycles. The van der Waals surface area contributed by atoms with Crippen LogP contribution < -0.4 is 10.9 Å². The van der Waals surface area contributed by atoms with Crippen LogP contribution in [0.25, 0.3) is 10.8 Å². The lowest BCUT2D eigenvalue weighted by atomic mass is 10.1. The average molecular weight is 315 g/mol. The van der Waals surface area contributed by atoms with Crippen molar-refractivity contribution in [3.8, 4) is 0 Å². The van der Waals surface area contributed by atoms with Crippen LogP contribution in [0.3, 0.4) is 0 Å². The lowest BCUT2D eigenvalue weighted by molar-refractivity contribution is 0.0853. The first-order valence-electron chi connectivity index (χ1n) is 8.10. The maximum atomic E-state index is 12.5. The van der Waals surface area contributed by atoms with Crippen LogP contribution in [0.1, 0.15) is 36.7 Å². The number of fused-ring (bicyclic) bond motifs is 1. The predicted octanol–water partition coefficient (Wildman–Crippen LogP) is 1.72. The molecule has 1 N–H and O–H groups in total. The monoisotopic (exact) mass is 315 g/mol. The molecular formula is C17H21N3O3. The van der Waals surface area contributed by atoms with Crippen LogP contribution in [-0.4, -0.2) is 34.9 Å². The minimum absolute atomic E-state index is 0.0757. The molecule has 2 aromatic rings. The molecule has 1 fully saturated rings. The van der Waals surface area contributed by atoms with E-state index in [-0.39, 0.29) is 17.6 Å². The van der Waals surface area contributed by atoms with Crippen molar-refractivity contribution in [2.75, 3.05) is 13.2 Å². The van der Waals surface area contributed by atoms with Crippen molar-refractivity contribution in [1.29, 1.82) is 0 Å². The molecule has 1 aromatic heterocycles. The summed E-state index contributed by atoms with van der Waals surface area (Å²) < 4.78 is 6.90. The first-order chi connectivity index (χ1) is 11.2. The maximum absolute atomic E-state index is 12.5. The van der Waals surface area contributed by atoms with Crippen molar-refractivity contribution in [3.05, 3.63) is 40.3 Å². The molecule has 0 spiro atoms. The normalized spacial score (nSPS) is 17.5. The highest BCUT2D eigenvalue weighted by atomic mass is 16.5. The summed E-state index contributed by atoms with van der Waals surface area (Å²) in [6.07, 6.45) is 2.85. The number of ether oxygens (including phenoxy) is 1. The van der Waals surface area contributed by atoms with Crippen molar-refractivity contribution in [2.24, 2.45) is 0 Å². The third kappa shape index (κ3) is 3.27. The van der Waals surface area contributed by atoms with Gasteiger partial charge < -0.3 is 10.1 Å². The number of rotatable bonds is 5. The van der Waals surface area contributed by atoms with Gasteiger partial charge in [-0.3, -0.25) is 9.59 Å². The molecule has 0 unspecified atom stereocenters. The van der Waals surface area contributed by atoms with Crippen LogP contribution in [0.4, 0.5) is 0 Å². The van der Waals surface area contributed by atoms with Crippen molar-refractivity contribution < 1.29 is 9.53 Å². The molecule has 0 bridgehead atoms. The largest absolute Gasteiger partial charge is 0.376 e. The number of hydrogen-bond acceptors (Lipinski definition) is 4. The van der Waals surface area contributed by atoms with E-state index in [0.29, 0.717) is 29.6 Å². The molecule has 1 aliphatic rings. The Balaban J connectivity index is 1.93. The van der Waals surface area contributed by atoms with E-state index in [0.717, 1.165) is 25.9 Å². The van der Waals surface area contributed by atoms with E-state index in [9.17, 15) is 9.59 Å². The Morgan fingerprint density at radius 2 is 2.17 bits per heavy atom. The van der Waals surface area contributed by atoms with Crippen LogP contribution in [0.5, 0.6) is 0 Å². The van der Waals surface area contributed by atoms with Gasteiger partial charge in [-0.05, 0) is 25.3 Å². The molecule has 122 valence electrons. The zero-order chi connectivity index (χ0) is 16.2. The molecule has 6 heteroatoms. The highest BCUT2D eigenvalue weighted by molar-refractivity contribution is 6.04. The summed E-state index contributed by atoms with van der Waals surface area (Å²) >= 11 is 0. The van der Waals surface area contributed by atoms with Gasteiger partial charge in [0.25, 0.3) is 11.5 Å². The molecule has 0 radical (unpaired) electrons. The lowest BCUT2D eigenvalue weighted by Crippen LogP contribution is -2.34. The molecule has 6 nitrogen and oxygen atoms in total. The minimum Gasteiger partial charge on any atom is -0.376 e. The van der Waals surface area contributed by atoms with E-state index in [2.05, 4.69) is 10.4 Å². The van der Waals surface area contributed by atoms with Crippen LogP contribution >= 0.6 is 0 Å². The number of aromatic nitrogens is 2. The van der Waals surface area contributed by atoms with Gasteiger partial charge in [0.15, 0.2) is 5.69 Å². The standard InChI is InChI=1S/C17H21N3O3/c1-2-9-20-17(22)14-8-4-3-7-13(14)15(19-20)16(21)18-11-12-6-5-10-23-12/h3-4,7-8,12H,2,5-6,9-11H2,1H3,(H,18,21)/t12-/m1/s1. The fourth-order valence-corrected chi connectivity index (χ4v) is 2.86. The number of amides is 1. The Hall–Kier alpha value is -2.21. The summed E-state index contributed by atoms with van der Waals surface area (Å²) in [6, 6.07) is 7.11. The Bertz CT molecular complexity index is 763. The third-order valence-corrected chi connectivity index (χ3v) is 4.03. The maximum Gasteiger partial charge on any atom is 0.274 e. The number of carbonyl (C=O) groups is 1. The second-order valence-electron chi connectivity index (χ2n) is 5.77. The molecule has 2 heterocycles. The van der Waals surface area contributed by atoms with Gasteiger partial charge in [0.2, 0.25) is 0 Å². The number of carbonyl (C=O) groups excluding carboxylic acids is 1. The summed E-state index contributed by atoms with van der Waals surface area (Å²) in [5.41, 5.74) is 0.143. The fraction of sp³-hybridized carbons (Fsp3) is 0.471. The van der Waals surface area contributed by atoms with Gasteiger partial charge in [-0.15, -0.1) is 0 Å². The van der Waals surface area contributed by atoms with Gasteiger partial charge in [0.05, 0.1) is 11.5 Å². The zero-order valence-electron chi connectivity index (χ0n) is 13.2. The predicted molar refractivity (Wildman–Crippen MR) is 87.6 cm³/mol. The van der Waals surface area contributed by atoms with Gasteiger partial charge in [0.1, 0.15) is 0 Å². The van der Waals surface area contributed by atoms with Gasteiger partial charge >= 0.3 is 0 Å². The quantitative estimate of drug-likeness (QED) is 0.912. The summed E-state index contributed by atoms with van der Waals surface area (Å²) in [5, 5.41) is 8.29. The van der Waals surface area contributed by atoms with Crippen molar-refractivity contribution >= 4 is 16.7 Å². The van der Waals surface area contributed by atoms with Gasteiger partial charge in [-0.25, -0.2) is 4.68 Å². The second-order valence-corrected chi connectivity index (χ2v) is 5.77. The Kier molecular flexibility index (Phi) is 4.71. The first-order valence-corrected chi connectivity index (χ1v) is 8.10. The molecule has 3 rings (SSSR count). The van der Waals surface area contributed by atoms with Crippen molar-refractivity contribution in [2.45, 2.75) is 38.8 Å². The van der Waals surface area contributed by atoms with Gasteiger partial charge in [-0.2, -0.15) is 5.10 Å². The Morgan fingerprint density at radius 1 is 1.39 bits per heavy atom.